The van der Waals surface area contributed by atoms with Gasteiger partial charge in [-0.25, -0.2) is 4.39 Å². The minimum absolute atomic E-state index is 0.0834. The lowest BCUT2D eigenvalue weighted by Crippen LogP contribution is -2.34. The molecule has 0 aliphatic carbocycles. The van der Waals surface area contributed by atoms with Crippen molar-refractivity contribution in [3.8, 4) is 0 Å². The van der Waals surface area contributed by atoms with Crippen molar-refractivity contribution in [2.75, 3.05) is 6.54 Å². The van der Waals surface area contributed by atoms with Gasteiger partial charge in [-0.2, -0.15) is 5.10 Å². The lowest BCUT2D eigenvalue weighted by Gasteiger charge is -2.20. The third-order valence-corrected chi connectivity index (χ3v) is 4.13. The van der Waals surface area contributed by atoms with Crippen LogP contribution in [0.15, 0.2) is 48.0 Å². The number of rotatable bonds is 5. The molecule has 0 unspecified atom stereocenters. The number of aliphatic hydroxyl groups excluding tert-OH is 1. The summed E-state index contributed by atoms with van der Waals surface area (Å²) in [6.45, 7) is 4.11. The van der Waals surface area contributed by atoms with Crippen molar-refractivity contribution in [1.82, 2.24) is 14.7 Å². The van der Waals surface area contributed by atoms with Crippen LogP contribution in [0.1, 0.15) is 29.8 Å². The second-order valence-corrected chi connectivity index (χ2v) is 6.24. The fourth-order valence-electron chi connectivity index (χ4n) is 2.70. The van der Waals surface area contributed by atoms with Crippen LogP contribution >= 0.6 is 0 Å². The van der Waals surface area contributed by atoms with Gasteiger partial charge in [-0.15, -0.1) is 0 Å². The van der Waals surface area contributed by atoms with E-state index < -0.39 is 17.4 Å². The summed E-state index contributed by atoms with van der Waals surface area (Å²) in [5.41, 5.74) is 1.22. The number of halogens is 1. The summed E-state index contributed by atoms with van der Waals surface area (Å²) in [7, 11) is 0. The van der Waals surface area contributed by atoms with E-state index in [4.69, 9.17) is 0 Å². The number of aromatic nitrogens is 2. The molecule has 1 N–H and O–H groups in total. The first-order valence-corrected chi connectivity index (χ1v) is 7.91. The molecule has 3 rings (SSSR count). The van der Waals surface area contributed by atoms with Crippen LogP contribution in [-0.4, -0.2) is 44.1 Å². The molecule has 6 nitrogen and oxygen atoms in total. The van der Waals surface area contributed by atoms with Crippen LogP contribution in [0.4, 0.5) is 4.39 Å². The number of aliphatic hydroxyl groups is 1. The van der Waals surface area contributed by atoms with Crippen LogP contribution in [0, 0.1) is 5.82 Å². The lowest BCUT2D eigenvalue weighted by molar-refractivity contribution is -0.129. The third kappa shape index (κ3) is 3.31. The summed E-state index contributed by atoms with van der Waals surface area (Å²) < 4.78 is 14.5. The number of Topliss-reactive ketones (excluding diaryl/α,β-unsaturated/α-hetero) is 1. The van der Waals surface area contributed by atoms with Crippen molar-refractivity contribution < 1.29 is 19.1 Å². The highest BCUT2D eigenvalue weighted by Crippen LogP contribution is 2.22. The Balaban J connectivity index is 1.77. The van der Waals surface area contributed by atoms with Gasteiger partial charge in [0.1, 0.15) is 5.82 Å². The zero-order valence-corrected chi connectivity index (χ0v) is 13.9. The zero-order chi connectivity index (χ0) is 18.1. The van der Waals surface area contributed by atoms with E-state index in [0.717, 1.165) is 5.56 Å². The molecule has 25 heavy (non-hydrogen) atoms. The Labute approximate surface area is 144 Å². The quantitative estimate of drug-likeness (QED) is 0.846. The second-order valence-electron chi connectivity index (χ2n) is 6.24. The number of carbonyl (C=O) groups excluding carboxylic acids is 2. The van der Waals surface area contributed by atoms with E-state index in [1.165, 1.54) is 23.2 Å². The SMILES string of the molecule is CC(C)N1CC(C(=O)c2cnn(Cc3ccc(F)cc3)c2)=C(O)C1=O. The predicted octanol–water partition coefficient (Wildman–Crippen LogP) is 2.32. The molecule has 0 fully saturated rings. The number of nitrogens with zero attached hydrogens (tertiary/aromatic N) is 3. The largest absolute Gasteiger partial charge is 0.503 e. The lowest BCUT2D eigenvalue weighted by atomic mass is 10.1. The van der Waals surface area contributed by atoms with Crippen LogP contribution in [0.2, 0.25) is 0 Å². The van der Waals surface area contributed by atoms with Crippen LogP contribution in [0.25, 0.3) is 0 Å². The average molecular weight is 343 g/mol. The minimum Gasteiger partial charge on any atom is -0.503 e. The molecule has 7 heteroatoms. The topological polar surface area (TPSA) is 75.4 Å². The van der Waals surface area contributed by atoms with Crippen molar-refractivity contribution in [2.45, 2.75) is 26.4 Å². The number of ketones is 1. The number of hydrogen-bond donors (Lipinski definition) is 1. The van der Waals surface area contributed by atoms with Crippen LogP contribution in [0.5, 0.6) is 0 Å². The Bertz CT molecular complexity index is 853. The Hall–Kier alpha value is -2.96. The monoisotopic (exact) mass is 343 g/mol. The van der Waals surface area contributed by atoms with Crippen molar-refractivity contribution in [2.24, 2.45) is 0 Å². The van der Waals surface area contributed by atoms with Gasteiger partial charge in [-0.05, 0) is 31.5 Å². The molecule has 2 heterocycles. The fraction of sp³-hybridized carbons (Fsp3) is 0.278. The van der Waals surface area contributed by atoms with Crippen LogP contribution < -0.4 is 0 Å². The van der Waals surface area contributed by atoms with E-state index in [1.54, 1.807) is 23.0 Å². The number of hydrogen-bond acceptors (Lipinski definition) is 4. The highest BCUT2D eigenvalue weighted by atomic mass is 19.1. The summed E-state index contributed by atoms with van der Waals surface area (Å²) in [6.07, 6.45) is 2.95. The van der Waals surface area contributed by atoms with Gasteiger partial charge >= 0.3 is 0 Å². The third-order valence-electron chi connectivity index (χ3n) is 4.13. The summed E-state index contributed by atoms with van der Waals surface area (Å²) in [5.74, 6) is -1.76. The second kappa shape index (κ2) is 6.51. The van der Waals surface area contributed by atoms with Crippen molar-refractivity contribution >= 4 is 11.7 Å². The van der Waals surface area contributed by atoms with E-state index in [-0.39, 0.29) is 24.0 Å². The average Bonchev–Trinajstić information content (AvgIpc) is 3.15. The van der Waals surface area contributed by atoms with E-state index in [1.807, 2.05) is 13.8 Å². The molecule has 0 saturated heterocycles. The van der Waals surface area contributed by atoms with Gasteiger partial charge in [0.25, 0.3) is 5.91 Å². The first kappa shape index (κ1) is 16.9. The van der Waals surface area contributed by atoms with Crippen molar-refractivity contribution in [3.05, 3.63) is 64.9 Å². The van der Waals surface area contributed by atoms with E-state index in [9.17, 15) is 19.1 Å². The molecule has 130 valence electrons. The maximum atomic E-state index is 12.9. The van der Waals surface area contributed by atoms with Crippen LogP contribution in [0.3, 0.4) is 0 Å². The van der Waals surface area contributed by atoms with Gasteiger partial charge in [0.05, 0.1) is 30.4 Å². The first-order chi connectivity index (χ1) is 11.9. The smallest absolute Gasteiger partial charge is 0.289 e. The number of carbonyl (C=O) groups is 2. The molecular formula is C18H18FN3O3. The zero-order valence-electron chi connectivity index (χ0n) is 13.9. The molecule has 0 atom stereocenters. The normalized spacial score (nSPS) is 14.7. The van der Waals surface area contributed by atoms with Gasteiger partial charge in [-0.3, -0.25) is 14.3 Å². The number of amides is 1. The summed E-state index contributed by atoms with van der Waals surface area (Å²) >= 11 is 0. The Morgan fingerprint density at radius 1 is 1.32 bits per heavy atom. The van der Waals surface area contributed by atoms with E-state index in [0.29, 0.717) is 12.1 Å². The molecule has 0 saturated carbocycles. The standard InChI is InChI=1S/C18H18FN3O3/c1-11(2)22-10-15(17(24)18(22)25)16(23)13-7-20-21(9-13)8-12-3-5-14(19)6-4-12/h3-7,9,11,24H,8,10H2,1-2H3. The molecule has 1 aliphatic rings. The predicted molar refractivity (Wildman–Crippen MR) is 88.6 cm³/mol. The van der Waals surface area contributed by atoms with Gasteiger partial charge in [0, 0.05) is 12.2 Å². The van der Waals surface area contributed by atoms with Gasteiger partial charge in [0.15, 0.2) is 11.5 Å². The molecule has 1 aromatic carbocycles. The van der Waals surface area contributed by atoms with Crippen molar-refractivity contribution in [1.29, 1.82) is 0 Å². The Morgan fingerprint density at radius 2 is 2.00 bits per heavy atom. The summed E-state index contributed by atoms with van der Waals surface area (Å²) in [4.78, 5) is 26.0. The maximum Gasteiger partial charge on any atom is 0.289 e. The fourth-order valence-corrected chi connectivity index (χ4v) is 2.70. The van der Waals surface area contributed by atoms with Gasteiger partial charge in [0.2, 0.25) is 0 Å². The molecule has 0 spiro atoms. The van der Waals surface area contributed by atoms with E-state index in [2.05, 4.69) is 5.10 Å². The van der Waals surface area contributed by atoms with Gasteiger partial charge < -0.3 is 10.0 Å². The van der Waals surface area contributed by atoms with E-state index >= 15 is 0 Å². The molecule has 1 amide bonds. The molecule has 1 aliphatic heterocycles. The minimum atomic E-state index is -0.531. The summed E-state index contributed by atoms with van der Waals surface area (Å²) in [6, 6.07) is 5.89. The number of benzene rings is 1. The van der Waals surface area contributed by atoms with Crippen LogP contribution in [-0.2, 0) is 11.3 Å². The Kier molecular flexibility index (Phi) is 4.39. The maximum absolute atomic E-state index is 12.9. The highest BCUT2D eigenvalue weighted by Gasteiger charge is 2.35. The Morgan fingerprint density at radius 3 is 2.60 bits per heavy atom. The highest BCUT2D eigenvalue weighted by molar-refractivity contribution is 6.15. The van der Waals surface area contributed by atoms with Gasteiger partial charge in [-0.1, -0.05) is 12.1 Å². The molecule has 0 radical (unpaired) electrons. The van der Waals surface area contributed by atoms with Crippen molar-refractivity contribution in [3.63, 3.8) is 0 Å². The first-order valence-electron chi connectivity index (χ1n) is 7.91. The molecule has 0 bridgehead atoms. The molecular weight excluding hydrogens is 325 g/mol. The molecule has 1 aromatic heterocycles. The molecule has 2 aromatic rings. The summed E-state index contributed by atoms with van der Waals surface area (Å²) in [5, 5.41) is 14.1.